The molecule has 16 heavy (non-hydrogen) atoms. The van der Waals surface area contributed by atoms with Gasteiger partial charge >= 0.3 is 13.3 Å². The number of allylic oxidation sites excluding steroid dienone is 1. The van der Waals surface area contributed by atoms with Gasteiger partial charge in [0.1, 0.15) is 0 Å². The van der Waals surface area contributed by atoms with E-state index in [1.165, 1.54) is 0 Å². The van der Waals surface area contributed by atoms with Crippen molar-refractivity contribution in [1.82, 2.24) is 9.55 Å². The van der Waals surface area contributed by atoms with Crippen molar-refractivity contribution in [2.75, 3.05) is 0 Å². The molecule has 0 amide bonds. The molecule has 0 aliphatic carbocycles. The standard InChI is InChI=1S/C7H8FN2O5P/c8-5-4-10(7(12)9-6(5)11)2-1-3-16(13,14)15/h1,3-4H,2H2,(H,9,11,12)(H2,13,14,15)/b3-1+. The molecule has 7 nitrogen and oxygen atoms in total. The quantitative estimate of drug-likeness (QED) is 0.618. The highest BCUT2D eigenvalue weighted by molar-refractivity contribution is 7.55. The lowest BCUT2D eigenvalue weighted by Gasteiger charge is -2.00. The van der Waals surface area contributed by atoms with Crippen molar-refractivity contribution in [1.29, 1.82) is 0 Å². The van der Waals surface area contributed by atoms with Crippen molar-refractivity contribution in [3.8, 4) is 0 Å². The van der Waals surface area contributed by atoms with Gasteiger partial charge in [0, 0.05) is 12.4 Å². The number of aromatic nitrogens is 2. The smallest absolute Gasteiger partial charge is 0.321 e. The van der Waals surface area contributed by atoms with E-state index >= 15 is 0 Å². The predicted molar refractivity (Wildman–Crippen MR) is 52.5 cm³/mol. The molecule has 0 spiro atoms. The van der Waals surface area contributed by atoms with Crippen LogP contribution in [-0.4, -0.2) is 19.3 Å². The van der Waals surface area contributed by atoms with Gasteiger partial charge < -0.3 is 9.79 Å². The molecule has 1 aromatic heterocycles. The maximum atomic E-state index is 12.7. The highest BCUT2D eigenvalue weighted by Gasteiger charge is 2.06. The van der Waals surface area contributed by atoms with Crippen LogP contribution < -0.4 is 11.2 Å². The summed E-state index contributed by atoms with van der Waals surface area (Å²) in [6.07, 6.45) is 1.66. The fraction of sp³-hybridized carbons (Fsp3) is 0.143. The summed E-state index contributed by atoms with van der Waals surface area (Å²) in [5.41, 5.74) is -2.00. The molecule has 0 saturated carbocycles. The third-order valence-electron chi connectivity index (χ3n) is 1.57. The van der Waals surface area contributed by atoms with Gasteiger partial charge in [-0.2, -0.15) is 4.39 Å². The van der Waals surface area contributed by atoms with Gasteiger partial charge in [-0.15, -0.1) is 0 Å². The molecule has 0 fully saturated rings. The van der Waals surface area contributed by atoms with E-state index in [2.05, 4.69) is 0 Å². The predicted octanol–water partition coefficient (Wildman–Crippen LogP) is -0.633. The molecule has 9 heteroatoms. The van der Waals surface area contributed by atoms with Gasteiger partial charge in [0.2, 0.25) is 5.82 Å². The van der Waals surface area contributed by atoms with Crippen LogP contribution in [-0.2, 0) is 11.1 Å². The van der Waals surface area contributed by atoms with Crippen molar-refractivity contribution >= 4 is 7.60 Å². The fourth-order valence-corrected chi connectivity index (χ4v) is 1.29. The summed E-state index contributed by atoms with van der Waals surface area (Å²) in [6, 6.07) is 0. The summed E-state index contributed by atoms with van der Waals surface area (Å²) >= 11 is 0. The fourth-order valence-electron chi connectivity index (χ4n) is 0.916. The number of aromatic amines is 1. The normalized spacial score (nSPS) is 12.2. The van der Waals surface area contributed by atoms with Gasteiger partial charge in [-0.1, -0.05) is 6.08 Å². The Labute approximate surface area is 88.0 Å². The Morgan fingerprint density at radius 1 is 1.50 bits per heavy atom. The Kier molecular flexibility index (Phi) is 3.58. The maximum Gasteiger partial charge on any atom is 0.348 e. The second-order valence-corrected chi connectivity index (χ2v) is 4.34. The summed E-state index contributed by atoms with van der Waals surface area (Å²) in [5.74, 6) is -0.563. The van der Waals surface area contributed by atoms with E-state index in [-0.39, 0.29) is 6.54 Å². The lowest BCUT2D eigenvalue weighted by Crippen LogP contribution is -2.31. The van der Waals surface area contributed by atoms with Gasteiger partial charge in [-0.3, -0.25) is 18.9 Å². The number of nitrogens with zero attached hydrogens (tertiary/aromatic N) is 1. The molecule has 0 atom stereocenters. The minimum absolute atomic E-state index is 0.252. The highest BCUT2D eigenvalue weighted by atomic mass is 31.2. The molecule has 88 valence electrons. The Bertz CT molecular complexity index is 569. The van der Waals surface area contributed by atoms with Crippen LogP contribution in [0, 0.1) is 5.82 Å². The van der Waals surface area contributed by atoms with E-state index in [1.807, 2.05) is 0 Å². The Morgan fingerprint density at radius 3 is 2.69 bits per heavy atom. The molecule has 0 radical (unpaired) electrons. The Hall–Kier alpha value is -1.50. The lowest BCUT2D eigenvalue weighted by molar-refractivity contribution is 0.386. The van der Waals surface area contributed by atoms with Gasteiger partial charge in [-0.05, 0) is 0 Å². The van der Waals surface area contributed by atoms with E-state index in [9.17, 15) is 18.5 Å². The largest absolute Gasteiger partial charge is 0.348 e. The third kappa shape index (κ3) is 3.58. The number of hydrogen-bond donors (Lipinski definition) is 3. The zero-order valence-electron chi connectivity index (χ0n) is 7.83. The molecular formula is C7H8FN2O5P. The van der Waals surface area contributed by atoms with E-state index in [4.69, 9.17) is 9.79 Å². The van der Waals surface area contributed by atoms with Crippen LogP contribution in [0.3, 0.4) is 0 Å². The molecule has 0 aromatic carbocycles. The van der Waals surface area contributed by atoms with Crippen molar-refractivity contribution < 1.29 is 18.7 Å². The van der Waals surface area contributed by atoms with Gasteiger partial charge in [0.25, 0.3) is 5.56 Å². The number of hydrogen-bond acceptors (Lipinski definition) is 3. The first-order valence-electron chi connectivity index (χ1n) is 4.02. The number of rotatable bonds is 3. The van der Waals surface area contributed by atoms with Crippen molar-refractivity contribution in [2.24, 2.45) is 0 Å². The number of halogens is 1. The maximum absolute atomic E-state index is 12.7. The van der Waals surface area contributed by atoms with Gasteiger partial charge in [0.05, 0.1) is 6.20 Å². The second-order valence-electron chi connectivity index (χ2n) is 2.86. The number of nitrogens with one attached hydrogen (secondary N) is 1. The average molecular weight is 250 g/mol. The zero-order valence-corrected chi connectivity index (χ0v) is 8.73. The van der Waals surface area contributed by atoms with E-state index < -0.39 is 24.7 Å². The first-order valence-corrected chi connectivity index (χ1v) is 5.70. The number of H-pyrrole nitrogens is 1. The summed E-state index contributed by atoms with van der Waals surface area (Å²) in [7, 11) is -4.30. The molecule has 3 N–H and O–H groups in total. The zero-order chi connectivity index (χ0) is 12.3. The SMILES string of the molecule is O=c1[nH]c(=O)n(C/C=C/P(=O)(O)O)cc1F. The van der Waals surface area contributed by atoms with Crippen molar-refractivity contribution in [3.05, 3.63) is 44.7 Å². The van der Waals surface area contributed by atoms with Crippen LogP contribution in [0.2, 0.25) is 0 Å². The second kappa shape index (κ2) is 4.56. The molecule has 0 aliphatic rings. The van der Waals surface area contributed by atoms with Crippen molar-refractivity contribution in [2.45, 2.75) is 6.54 Å². The van der Waals surface area contributed by atoms with Crippen LogP contribution in [0.25, 0.3) is 0 Å². The Morgan fingerprint density at radius 2 is 2.12 bits per heavy atom. The Balaban J connectivity index is 2.96. The van der Waals surface area contributed by atoms with Crippen LogP contribution >= 0.6 is 7.60 Å². The first kappa shape index (κ1) is 12.6. The van der Waals surface area contributed by atoms with Crippen LogP contribution in [0.15, 0.2) is 27.7 Å². The van der Waals surface area contributed by atoms with E-state index in [1.54, 1.807) is 4.98 Å². The molecule has 0 saturated heterocycles. The van der Waals surface area contributed by atoms with Crippen molar-refractivity contribution in [3.63, 3.8) is 0 Å². The average Bonchev–Trinajstić information content (AvgIpc) is 2.11. The topological polar surface area (TPSA) is 112 Å². The molecule has 0 aliphatic heterocycles. The molecule has 1 rings (SSSR count). The van der Waals surface area contributed by atoms with E-state index in [0.29, 0.717) is 12.0 Å². The lowest BCUT2D eigenvalue weighted by atomic mass is 10.5. The van der Waals surface area contributed by atoms with Crippen LogP contribution in [0.5, 0.6) is 0 Å². The monoisotopic (exact) mass is 250 g/mol. The summed E-state index contributed by atoms with van der Waals surface area (Å²) in [6.45, 7) is -0.252. The highest BCUT2D eigenvalue weighted by Crippen LogP contribution is 2.35. The summed E-state index contributed by atoms with van der Waals surface area (Å²) < 4.78 is 23.9. The molecule has 0 bridgehead atoms. The summed E-state index contributed by atoms with van der Waals surface area (Å²) in [5, 5.41) is 0. The van der Waals surface area contributed by atoms with Gasteiger partial charge in [0.15, 0.2) is 0 Å². The van der Waals surface area contributed by atoms with Crippen LogP contribution in [0.4, 0.5) is 4.39 Å². The molecular weight excluding hydrogens is 242 g/mol. The first-order chi connectivity index (χ1) is 7.29. The molecule has 0 unspecified atom stereocenters. The third-order valence-corrected chi connectivity index (χ3v) is 2.17. The summed E-state index contributed by atoms with van der Waals surface area (Å²) in [4.78, 5) is 40.3. The van der Waals surface area contributed by atoms with Crippen LogP contribution in [0.1, 0.15) is 0 Å². The minimum atomic E-state index is -4.30. The molecule has 1 aromatic rings. The molecule has 1 heterocycles. The van der Waals surface area contributed by atoms with E-state index in [0.717, 1.165) is 10.6 Å². The van der Waals surface area contributed by atoms with Gasteiger partial charge in [-0.25, -0.2) is 4.79 Å². The minimum Gasteiger partial charge on any atom is -0.321 e.